The second-order valence-corrected chi connectivity index (χ2v) is 11.9. The third-order valence-electron chi connectivity index (χ3n) is 3.30. The molecule has 114 valence electrons. The topological polar surface area (TPSA) is 64.3 Å². The Morgan fingerprint density at radius 3 is 2.52 bits per heavy atom. The summed E-state index contributed by atoms with van der Waals surface area (Å²) in [4.78, 5) is 12.3. The van der Waals surface area contributed by atoms with Gasteiger partial charge in [0.1, 0.15) is 6.73 Å². The molecule has 0 aliphatic heterocycles. The van der Waals surface area contributed by atoms with Gasteiger partial charge >= 0.3 is 0 Å². The van der Waals surface area contributed by atoms with Gasteiger partial charge in [0.2, 0.25) is 0 Å². The van der Waals surface area contributed by atoms with Crippen LogP contribution in [0.15, 0.2) is 29.1 Å². The highest BCUT2D eigenvalue weighted by Gasteiger charge is 2.13. The van der Waals surface area contributed by atoms with Crippen LogP contribution in [0.5, 0.6) is 0 Å². The zero-order chi connectivity index (χ0) is 15.5. The zero-order valence-corrected chi connectivity index (χ0v) is 13.8. The van der Waals surface area contributed by atoms with E-state index in [-0.39, 0.29) is 18.9 Å². The van der Waals surface area contributed by atoms with Crippen LogP contribution in [0.3, 0.4) is 0 Å². The highest BCUT2D eigenvalue weighted by molar-refractivity contribution is 6.76. The molecular weight excluding hydrogens is 284 g/mol. The van der Waals surface area contributed by atoms with Gasteiger partial charge in [-0.25, -0.2) is 4.68 Å². The molecular formula is C15H22N2O3Si. The molecule has 0 unspecified atom stereocenters. The summed E-state index contributed by atoms with van der Waals surface area (Å²) in [6, 6.07) is 8.23. The van der Waals surface area contributed by atoms with E-state index >= 15 is 0 Å². The number of aromatic nitrogens is 2. The number of aliphatic hydroxyl groups is 1. The van der Waals surface area contributed by atoms with Gasteiger partial charge in [0.25, 0.3) is 5.56 Å². The van der Waals surface area contributed by atoms with E-state index in [4.69, 9.17) is 4.74 Å². The molecule has 0 radical (unpaired) electrons. The van der Waals surface area contributed by atoms with E-state index in [1.165, 1.54) is 4.68 Å². The van der Waals surface area contributed by atoms with Crippen LogP contribution in [0.25, 0.3) is 10.8 Å². The van der Waals surface area contributed by atoms with Crippen LogP contribution in [0.1, 0.15) is 5.69 Å². The predicted molar refractivity (Wildman–Crippen MR) is 86.0 cm³/mol. The molecule has 0 fully saturated rings. The monoisotopic (exact) mass is 306 g/mol. The minimum Gasteiger partial charge on any atom is -0.390 e. The Hall–Kier alpha value is -1.50. The lowest BCUT2D eigenvalue weighted by molar-refractivity contribution is 0.0743. The summed E-state index contributed by atoms with van der Waals surface area (Å²) in [5.41, 5.74) is 0.315. The van der Waals surface area contributed by atoms with Crippen molar-refractivity contribution in [3.8, 4) is 0 Å². The van der Waals surface area contributed by atoms with Gasteiger partial charge in [0.15, 0.2) is 0 Å². The van der Waals surface area contributed by atoms with Crippen LogP contribution in [-0.4, -0.2) is 29.6 Å². The van der Waals surface area contributed by atoms with Gasteiger partial charge in [0, 0.05) is 20.1 Å². The van der Waals surface area contributed by atoms with E-state index in [1.54, 1.807) is 18.2 Å². The quantitative estimate of drug-likeness (QED) is 0.656. The number of hydrogen-bond donors (Lipinski definition) is 1. The summed E-state index contributed by atoms with van der Waals surface area (Å²) in [6.07, 6.45) is 0. The van der Waals surface area contributed by atoms with Crippen molar-refractivity contribution in [2.24, 2.45) is 0 Å². The smallest absolute Gasteiger partial charge is 0.276 e. The fraction of sp³-hybridized carbons (Fsp3) is 0.467. The van der Waals surface area contributed by atoms with Crippen LogP contribution in [0.2, 0.25) is 25.7 Å². The maximum absolute atomic E-state index is 12.3. The number of hydrogen-bond acceptors (Lipinski definition) is 4. The Morgan fingerprint density at radius 2 is 1.90 bits per heavy atom. The second kappa shape index (κ2) is 6.51. The second-order valence-electron chi connectivity index (χ2n) is 6.30. The SMILES string of the molecule is C[Si](C)(C)CCOCn1nc(CO)c2ccccc2c1=O. The van der Waals surface area contributed by atoms with Crippen LogP contribution < -0.4 is 5.56 Å². The molecule has 1 aromatic carbocycles. The molecule has 1 heterocycles. The van der Waals surface area contributed by atoms with Gasteiger partial charge in [-0.05, 0) is 12.1 Å². The minimum atomic E-state index is -1.14. The van der Waals surface area contributed by atoms with E-state index in [0.717, 1.165) is 6.04 Å². The molecule has 0 spiro atoms. The lowest BCUT2D eigenvalue weighted by atomic mass is 10.1. The van der Waals surface area contributed by atoms with Crippen molar-refractivity contribution in [3.05, 3.63) is 40.3 Å². The largest absolute Gasteiger partial charge is 0.390 e. The number of nitrogens with zero attached hydrogens (tertiary/aromatic N) is 2. The fourth-order valence-electron chi connectivity index (χ4n) is 2.04. The van der Waals surface area contributed by atoms with Gasteiger partial charge in [-0.1, -0.05) is 37.8 Å². The maximum atomic E-state index is 12.3. The van der Waals surface area contributed by atoms with Crippen molar-refractivity contribution in [3.63, 3.8) is 0 Å². The zero-order valence-electron chi connectivity index (χ0n) is 12.8. The van der Waals surface area contributed by atoms with Crippen molar-refractivity contribution in [1.29, 1.82) is 0 Å². The summed E-state index contributed by atoms with van der Waals surface area (Å²) in [5, 5.41) is 14.9. The van der Waals surface area contributed by atoms with Crippen molar-refractivity contribution in [1.82, 2.24) is 9.78 Å². The molecule has 2 rings (SSSR count). The summed E-state index contributed by atoms with van der Waals surface area (Å²) >= 11 is 0. The molecule has 0 aliphatic rings. The molecule has 0 saturated carbocycles. The van der Waals surface area contributed by atoms with Gasteiger partial charge < -0.3 is 9.84 Å². The first-order chi connectivity index (χ1) is 9.92. The number of ether oxygens (including phenoxy) is 1. The van der Waals surface area contributed by atoms with Crippen LogP contribution >= 0.6 is 0 Å². The number of fused-ring (bicyclic) bond motifs is 1. The van der Waals surface area contributed by atoms with Gasteiger partial charge in [-0.15, -0.1) is 0 Å². The van der Waals surface area contributed by atoms with Crippen LogP contribution in [0, 0.1) is 0 Å². The maximum Gasteiger partial charge on any atom is 0.276 e. The molecule has 21 heavy (non-hydrogen) atoms. The first-order valence-electron chi connectivity index (χ1n) is 7.10. The third kappa shape index (κ3) is 4.00. The standard InChI is InChI=1S/C15H22N2O3Si/c1-21(2,3)9-8-20-11-17-15(19)13-7-5-4-6-12(13)14(10-18)16-17/h4-7,18H,8-11H2,1-3H3. The Balaban J connectivity index is 2.20. The van der Waals surface area contributed by atoms with Crippen molar-refractivity contribution < 1.29 is 9.84 Å². The minimum absolute atomic E-state index is 0.126. The molecule has 6 heteroatoms. The first kappa shape index (κ1) is 15.9. The normalized spacial score (nSPS) is 12.0. The van der Waals surface area contributed by atoms with E-state index in [9.17, 15) is 9.90 Å². The first-order valence-corrected chi connectivity index (χ1v) is 10.8. The lowest BCUT2D eigenvalue weighted by Crippen LogP contribution is -2.27. The molecule has 1 aromatic heterocycles. The van der Waals surface area contributed by atoms with Crippen molar-refractivity contribution in [2.45, 2.75) is 39.0 Å². The lowest BCUT2D eigenvalue weighted by Gasteiger charge is -2.16. The van der Waals surface area contributed by atoms with E-state index in [2.05, 4.69) is 24.7 Å². The molecule has 0 bridgehead atoms. The van der Waals surface area contributed by atoms with E-state index < -0.39 is 8.07 Å². The van der Waals surface area contributed by atoms with Crippen LogP contribution in [0.4, 0.5) is 0 Å². The fourth-order valence-corrected chi connectivity index (χ4v) is 2.80. The number of aliphatic hydroxyl groups excluding tert-OH is 1. The average molecular weight is 306 g/mol. The highest BCUT2D eigenvalue weighted by Crippen LogP contribution is 2.13. The Morgan fingerprint density at radius 1 is 1.24 bits per heavy atom. The van der Waals surface area contributed by atoms with E-state index in [0.29, 0.717) is 23.1 Å². The summed E-state index contributed by atoms with van der Waals surface area (Å²) in [7, 11) is -1.14. The number of benzene rings is 1. The molecule has 5 nitrogen and oxygen atoms in total. The molecule has 0 amide bonds. The average Bonchev–Trinajstić information content (AvgIpc) is 2.45. The van der Waals surface area contributed by atoms with Gasteiger partial charge in [0.05, 0.1) is 17.7 Å². The Bertz CT molecular complexity index is 677. The molecule has 0 atom stereocenters. The van der Waals surface area contributed by atoms with Crippen molar-refractivity contribution >= 4 is 18.8 Å². The summed E-state index contributed by atoms with van der Waals surface area (Å²) in [5.74, 6) is 0. The molecule has 1 N–H and O–H groups in total. The summed E-state index contributed by atoms with van der Waals surface area (Å²) in [6.45, 7) is 7.39. The van der Waals surface area contributed by atoms with Gasteiger partial charge in [-0.3, -0.25) is 4.79 Å². The number of rotatable bonds is 6. The molecule has 2 aromatic rings. The van der Waals surface area contributed by atoms with Crippen molar-refractivity contribution in [2.75, 3.05) is 6.61 Å². The third-order valence-corrected chi connectivity index (χ3v) is 5.01. The molecule has 0 saturated heterocycles. The summed E-state index contributed by atoms with van der Waals surface area (Å²) < 4.78 is 6.87. The highest BCUT2D eigenvalue weighted by atomic mass is 28.3. The van der Waals surface area contributed by atoms with E-state index in [1.807, 2.05) is 6.07 Å². The van der Waals surface area contributed by atoms with Crippen LogP contribution in [-0.2, 0) is 18.1 Å². The van der Waals surface area contributed by atoms with Gasteiger partial charge in [-0.2, -0.15) is 5.10 Å². The predicted octanol–water partition coefficient (Wildman–Crippen LogP) is 2.20. The Kier molecular flexibility index (Phi) is 4.92. The Labute approximate surface area is 125 Å². The molecule has 0 aliphatic carbocycles.